The van der Waals surface area contributed by atoms with Crippen molar-refractivity contribution in [1.82, 2.24) is 9.29 Å². The van der Waals surface area contributed by atoms with Crippen molar-refractivity contribution in [3.05, 3.63) is 59.9 Å². The summed E-state index contributed by atoms with van der Waals surface area (Å²) >= 11 is 0. The Labute approximate surface area is 140 Å². The van der Waals surface area contributed by atoms with Crippen LogP contribution in [-0.4, -0.2) is 35.9 Å². The highest BCUT2D eigenvalue weighted by Crippen LogP contribution is 2.27. The molecule has 0 spiro atoms. The molecule has 0 bridgehead atoms. The van der Waals surface area contributed by atoms with Crippen molar-refractivity contribution in [1.29, 1.82) is 5.26 Å². The third-order valence-corrected chi connectivity index (χ3v) is 5.77. The summed E-state index contributed by atoms with van der Waals surface area (Å²) in [4.78, 5) is 4.12. The maximum absolute atomic E-state index is 12.6. The van der Waals surface area contributed by atoms with E-state index in [1.165, 1.54) is 34.8 Å². The van der Waals surface area contributed by atoms with Crippen molar-refractivity contribution in [3.8, 4) is 11.8 Å². The Bertz CT molecular complexity index is 928. The molecule has 0 aliphatic carbocycles. The van der Waals surface area contributed by atoms with Crippen LogP contribution in [0.25, 0.3) is 5.57 Å². The van der Waals surface area contributed by atoms with E-state index in [1.54, 1.807) is 12.3 Å². The Balaban J connectivity index is 1.81. The first-order chi connectivity index (χ1) is 11.5. The van der Waals surface area contributed by atoms with Crippen LogP contribution < -0.4 is 0 Å². The zero-order valence-corrected chi connectivity index (χ0v) is 13.6. The number of nitrogens with zero attached hydrogens (tertiary/aromatic N) is 3. The zero-order valence-electron chi connectivity index (χ0n) is 12.8. The van der Waals surface area contributed by atoms with Crippen LogP contribution in [0.15, 0.2) is 53.7 Å². The monoisotopic (exact) mass is 341 g/mol. The van der Waals surface area contributed by atoms with Crippen LogP contribution in [0.5, 0.6) is 5.75 Å². The molecule has 0 radical (unpaired) electrons. The number of hydrogen-bond acceptors (Lipinski definition) is 5. The van der Waals surface area contributed by atoms with Crippen LogP contribution in [0.4, 0.5) is 0 Å². The number of aromatic nitrogens is 1. The van der Waals surface area contributed by atoms with E-state index in [4.69, 9.17) is 5.26 Å². The van der Waals surface area contributed by atoms with Gasteiger partial charge in [-0.25, -0.2) is 8.42 Å². The van der Waals surface area contributed by atoms with E-state index >= 15 is 0 Å². The van der Waals surface area contributed by atoms with E-state index in [-0.39, 0.29) is 17.2 Å². The molecule has 122 valence electrons. The van der Waals surface area contributed by atoms with Gasteiger partial charge in [-0.1, -0.05) is 6.08 Å². The Morgan fingerprint density at radius 1 is 1.21 bits per heavy atom. The van der Waals surface area contributed by atoms with E-state index < -0.39 is 10.0 Å². The summed E-state index contributed by atoms with van der Waals surface area (Å²) in [6, 6.07) is 9.48. The van der Waals surface area contributed by atoms with Crippen LogP contribution in [0.2, 0.25) is 0 Å². The first-order valence-electron chi connectivity index (χ1n) is 7.34. The van der Waals surface area contributed by atoms with Crippen LogP contribution in [0, 0.1) is 11.3 Å². The van der Waals surface area contributed by atoms with Crippen molar-refractivity contribution in [2.75, 3.05) is 13.1 Å². The molecule has 7 heteroatoms. The molecule has 0 amide bonds. The number of nitriles is 1. The van der Waals surface area contributed by atoms with Gasteiger partial charge in [0.25, 0.3) is 0 Å². The van der Waals surface area contributed by atoms with Crippen molar-refractivity contribution in [2.24, 2.45) is 0 Å². The molecule has 0 atom stereocenters. The predicted molar refractivity (Wildman–Crippen MR) is 88.4 cm³/mol. The van der Waals surface area contributed by atoms with Crippen LogP contribution in [0.3, 0.4) is 0 Å². The van der Waals surface area contributed by atoms with Gasteiger partial charge in [-0.15, -0.1) is 0 Å². The summed E-state index contributed by atoms with van der Waals surface area (Å²) in [5, 5.41) is 18.3. The largest absolute Gasteiger partial charge is 0.506 e. The fourth-order valence-electron chi connectivity index (χ4n) is 2.58. The maximum atomic E-state index is 12.6. The number of sulfonamides is 1. The maximum Gasteiger partial charge on any atom is 0.243 e. The second kappa shape index (κ2) is 6.43. The molecule has 6 nitrogen and oxygen atoms in total. The Morgan fingerprint density at radius 3 is 2.54 bits per heavy atom. The van der Waals surface area contributed by atoms with Gasteiger partial charge in [0.15, 0.2) is 0 Å². The van der Waals surface area contributed by atoms with Crippen LogP contribution in [0.1, 0.15) is 17.5 Å². The molecular weight excluding hydrogens is 326 g/mol. The Kier molecular flexibility index (Phi) is 4.34. The highest BCUT2D eigenvalue weighted by Gasteiger charge is 2.26. The van der Waals surface area contributed by atoms with E-state index in [1.807, 2.05) is 12.1 Å². The molecule has 1 aliphatic rings. The van der Waals surface area contributed by atoms with Gasteiger partial charge >= 0.3 is 0 Å². The lowest BCUT2D eigenvalue weighted by atomic mass is 10.0. The third kappa shape index (κ3) is 3.15. The van der Waals surface area contributed by atoms with Gasteiger partial charge in [0.05, 0.1) is 22.7 Å². The minimum atomic E-state index is -3.59. The standard InChI is InChI=1S/C17H15N3O3S/c18-10-13-1-3-17(4-2-13)24(22,23)20-7-5-14(6-8-20)15-9-16(21)12-19-11-15/h1-5,9,11-12,21H,6-8H2. The zero-order chi connectivity index (χ0) is 17.2. The predicted octanol–water partition coefficient (Wildman–Crippen LogP) is 2.14. The lowest BCUT2D eigenvalue weighted by Gasteiger charge is -2.26. The van der Waals surface area contributed by atoms with Gasteiger partial charge in [0, 0.05) is 19.3 Å². The van der Waals surface area contributed by atoms with Gasteiger partial charge in [-0.2, -0.15) is 9.57 Å². The normalized spacial score (nSPS) is 15.5. The summed E-state index contributed by atoms with van der Waals surface area (Å²) < 4.78 is 26.7. The average molecular weight is 341 g/mol. The Hall–Kier alpha value is -2.69. The van der Waals surface area contributed by atoms with Gasteiger partial charge in [0.2, 0.25) is 10.0 Å². The van der Waals surface area contributed by atoms with Crippen molar-refractivity contribution in [3.63, 3.8) is 0 Å². The van der Waals surface area contributed by atoms with Gasteiger partial charge in [0.1, 0.15) is 5.75 Å². The van der Waals surface area contributed by atoms with E-state index in [2.05, 4.69) is 4.98 Å². The molecule has 0 saturated heterocycles. The molecule has 0 saturated carbocycles. The van der Waals surface area contributed by atoms with Crippen LogP contribution in [-0.2, 0) is 10.0 Å². The fourth-order valence-corrected chi connectivity index (χ4v) is 3.97. The molecular formula is C17H15N3O3S. The summed E-state index contributed by atoms with van der Waals surface area (Å²) in [7, 11) is -3.59. The molecule has 2 aromatic rings. The molecule has 0 fully saturated rings. The minimum absolute atomic E-state index is 0.0843. The van der Waals surface area contributed by atoms with E-state index in [9.17, 15) is 13.5 Å². The lowest BCUT2D eigenvalue weighted by molar-refractivity contribution is 0.441. The van der Waals surface area contributed by atoms with E-state index in [0.717, 1.165) is 11.1 Å². The van der Waals surface area contributed by atoms with Gasteiger partial charge in [-0.05, 0) is 47.9 Å². The number of hydrogen-bond donors (Lipinski definition) is 1. The fraction of sp³-hybridized carbons (Fsp3) is 0.176. The quantitative estimate of drug-likeness (QED) is 0.923. The van der Waals surface area contributed by atoms with Crippen LogP contribution >= 0.6 is 0 Å². The summed E-state index contributed by atoms with van der Waals surface area (Å²) in [6.45, 7) is 0.608. The van der Waals surface area contributed by atoms with Crippen molar-refractivity contribution >= 4 is 15.6 Å². The smallest absolute Gasteiger partial charge is 0.243 e. The second-order valence-electron chi connectivity index (χ2n) is 5.41. The summed E-state index contributed by atoms with van der Waals surface area (Å²) in [6.07, 6.45) is 5.38. The average Bonchev–Trinajstić information content (AvgIpc) is 2.62. The van der Waals surface area contributed by atoms with E-state index in [0.29, 0.717) is 18.5 Å². The topological polar surface area (TPSA) is 94.3 Å². The van der Waals surface area contributed by atoms with Gasteiger partial charge < -0.3 is 5.11 Å². The third-order valence-electron chi connectivity index (χ3n) is 3.89. The molecule has 0 unspecified atom stereocenters. The molecule has 1 N–H and O–H groups in total. The molecule has 24 heavy (non-hydrogen) atoms. The minimum Gasteiger partial charge on any atom is -0.506 e. The first-order valence-corrected chi connectivity index (χ1v) is 8.78. The van der Waals surface area contributed by atoms with Gasteiger partial charge in [-0.3, -0.25) is 4.98 Å². The highest BCUT2D eigenvalue weighted by molar-refractivity contribution is 7.89. The molecule has 3 rings (SSSR count). The van der Waals surface area contributed by atoms with Crippen molar-refractivity contribution < 1.29 is 13.5 Å². The highest BCUT2D eigenvalue weighted by atomic mass is 32.2. The molecule has 2 heterocycles. The number of pyridine rings is 1. The number of aromatic hydroxyl groups is 1. The molecule has 1 aromatic heterocycles. The molecule has 1 aliphatic heterocycles. The summed E-state index contributed by atoms with van der Waals surface area (Å²) in [5.41, 5.74) is 2.18. The molecule has 1 aromatic carbocycles. The van der Waals surface area contributed by atoms with Crippen molar-refractivity contribution in [2.45, 2.75) is 11.3 Å². The summed E-state index contributed by atoms with van der Waals surface area (Å²) in [5.74, 6) is 0.0843. The number of rotatable bonds is 3. The SMILES string of the molecule is N#Cc1ccc(S(=O)(=O)N2CC=C(c3cncc(O)c3)CC2)cc1. The second-order valence-corrected chi connectivity index (χ2v) is 7.35. The number of benzene rings is 1. The lowest BCUT2D eigenvalue weighted by Crippen LogP contribution is -2.34. The Morgan fingerprint density at radius 2 is 1.96 bits per heavy atom. The first kappa shape index (κ1) is 16.2.